The van der Waals surface area contributed by atoms with Gasteiger partial charge in [0.25, 0.3) is 5.91 Å². The number of carbonyl (C=O) groups excluding carboxylic acids is 1. The van der Waals surface area contributed by atoms with E-state index in [0.717, 1.165) is 5.69 Å². The van der Waals surface area contributed by atoms with Crippen molar-refractivity contribution in [2.45, 2.75) is 26.8 Å². The Labute approximate surface area is 124 Å². The molecule has 5 nitrogen and oxygen atoms in total. The Kier molecular flexibility index (Phi) is 4.87. The van der Waals surface area contributed by atoms with Crippen LogP contribution in [0.4, 0.5) is 11.6 Å². The van der Waals surface area contributed by atoms with Gasteiger partial charge in [0.1, 0.15) is 0 Å². The molecule has 0 saturated carbocycles. The van der Waals surface area contributed by atoms with Gasteiger partial charge in [-0.1, -0.05) is 19.9 Å². The van der Waals surface area contributed by atoms with E-state index in [0.29, 0.717) is 17.4 Å². The lowest BCUT2D eigenvalue weighted by Crippen LogP contribution is -2.36. The van der Waals surface area contributed by atoms with Gasteiger partial charge in [-0.2, -0.15) is 0 Å². The summed E-state index contributed by atoms with van der Waals surface area (Å²) in [7, 11) is 0. The van der Waals surface area contributed by atoms with E-state index < -0.39 is 0 Å². The Morgan fingerprint density at radius 3 is 2.48 bits per heavy atom. The van der Waals surface area contributed by atoms with Crippen molar-refractivity contribution < 1.29 is 4.79 Å². The first-order chi connectivity index (χ1) is 10.1. The number of benzene rings is 1. The smallest absolute Gasteiger partial charge is 0.251 e. The van der Waals surface area contributed by atoms with Crippen LogP contribution in [0.3, 0.4) is 0 Å². The molecule has 0 fully saturated rings. The minimum atomic E-state index is -0.0752. The van der Waals surface area contributed by atoms with E-state index in [9.17, 15) is 4.79 Å². The Morgan fingerprint density at radius 1 is 1.10 bits per heavy atom. The predicted molar refractivity (Wildman–Crippen MR) is 83.5 cm³/mol. The maximum absolute atomic E-state index is 12.2. The molecule has 0 aliphatic heterocycles. The highest BCUT2D eigenvalue weighted by Crippen LogP contribution is 2.14. The molecule has 0 saturated heterocycles. The molecular formula is C16H20N4O. The van der Waals surface area contributed by atoms with E-state index in [1.807, 2.05) is 19.1 Å². The first-order valence-electron chi connectivity index (χ1n) is 7.01. The minimum absolute atomic E-state index is 0.0752. The molecule has 21 heavy (non-hydrogen) atoms. The third-order valence-corrected chi connectivity index (χ3v) is 3.31. The van der Waals surface area contributed by atoms with Crippen molar-refractivity contribution in [1.29, 1.82) is 0 Å². The van der Waals surface area contributed by atoms with Gasteiger partial charge in [0.05, 0.1) is 0 Å². The number of nitrogens with one attached hydrogen (secondary N) is 2. The molecule has 110 valence electrons. The highest BCUT2D eigenvalue weighted by Gasteiger charge is 2.12. The Bertz CT molecular complexity index is 598. The van der Waals surface area contributed by atoms with Gasteiger partial charge in [-0.05, 0) is 37.1 Å². The predicted octanol–water partition coefficient (Wildman–Crippen LogP) is 2.99. The lowest BCUT2D eigenvalue weighted by Gasteiger charge is -2.17. The van der Waals surface area contributed by atoms with Gasteiger partial charge >= 0.3 is 0 Å². The monoisotopic (exact) mass is 284 g/mol. The minimum Gasteiger partial charge on any atom is -0.349 e. The van der Waals surface area contributed by atoms with Gasteiger partial charge in [-0.25, -0.2) is 9.97 Å². The van der Waals surface area contributed by atoms with Gasteiger partial charge in [0, 0.05) is 29.7 Å². The molecule has 1 heterocycles. The second-order valence-electron chi connectivity index (χ2n) is 5.28. The number of carbonyl (C=O) groups is 1. The van der Waals surface area contributed by atoms with E-state index in [1.54, 1.807) is 30.6 Å². The molecule has 5 heteroatoms. The zero-order chi connectivity index (χ0) is 15.2. The molecule has 0 bridgehead atoms. The first-order valence-corrected chi connectivity index (χ1v) is 7.01. The second-order valence-corrected chi connectivity index (χ2v) is 5.28. The topological polar surface area (TPSA) is 66.9 Å². The van der Waals surface area contributed by atoms with E-state index in [4.69, 9.17) is 0 Å². The average Bonchev–Trinajstić information content (AvgIpc) is 2.48. The van der Waals surface area contributed by atoms with E-state index >= 15 is 0 Å². The highest BCUT2D eigenvalue weighted by molar-refractivity contribution is 5.95. The summed E-state index contributed by atoms with van der Waals surface area (Å²) in [6.07, 6.45) is 3.33. The van der Waals surface area contributed by atoms with E-state index in [2.05, 4.69) is 34.4 Å². The lowest BCUT2D eigenvalue weighted by molar-refractivity contribution is 0.0930. The molecule has 0 aliphatic carbocycles. The number of nitrogens with zero attached hydrogens (tertiary/aromatic N) is 2. The number of rotatable bonds is 5. The normalized spacial score (nSPS) is 12.0. The number of hydrogen-bond acceptors (Lipinski definition) is 4. The molecule has 0 spiro atoms. The molecule has 0 aliphatic rings. The van der Waals surface area contributed by atoms with Crippen LogP contribution in [0.2, 0.25) is 0 Å². The molecule has 2 N–H and O–H groups in total. The summed E-state index contributed by atoms with van der Waals surface area (Å²) in [4.78, 5) is 20.4. The SMILES string of the molecule is CC(C)C(C)NC(=O)c1cccc(Nc2ncccn2)c1. The van der Waals surface area contributed by atoms with E-state index in [-0.39, 0.29) is 11.9 Å². The fourth-order valence-corrected chi connectivity index (χ4v) is 1.69. The van der Waals surface area contributed by atoms with Crippen LogP contribution in [0.5, 0.6) is 0 Å². The Hall–Kier alpha value is -2.43. The van der Waals surface area contributed by atoms with Crippen LogP contribution in [0.15, 0.2) is 42.7 Å². The standard InChI is InChI=1S/C16H20N4O/c1-11(2)12(3)19-15(21)13-6-4-7-14(10-13)20-16-17-8-5-9-18-16/h4-12H,1-3H3,(H,19,21)(H,17,18,20). The summed E-state index contributed by atoms with van der Waals surface area (Å²) in [5.41, 5.74) is 1.40. The van der Waals surface area contributed by atoms with Crippen LogP contribution >= 0.6 is 0 Å². The quantitative estimate of drug-likeness (QED) is 0.885. The van der Waals surface area contributed by atoms with Crippen LogP contribution in [0.25, 0.3) is 0 Å². The van der Waals surface area contributed by atoms with E-state index in [1.165, 1.54) is 0 Å². The van der Waals surface area contributed by atoms with Crippen molar-refractivity contribution in [3.8, 4) is 0 Å². The largest absolute Gasteiger partial charge is 0.349 e. The summed E-state index contributed by atoms with van der Waals surface area (Å²) < 4.78 is 0. The van der Waals surface area contributed by atoms with Crippen LogP contribution < -0.4 is 10.6 Å². The third-order valence-electron chi connectivity index (χ3n) is 3.31. The maximum atomic E-state index is 12.2. The van der Waals surface area contributed by atoms with Gasteiger partial charge < -0.3 is 10.6 Å². The second kappa shape index (κ2) is 6.83. The average molecular weight is 284 g/mol. The van der Waals surface area contributed by atoms with Crippen molar-refractivity contribution in [3.63, 3.8) is 0 Å². The van der Waals surface area contributed by atoms with Crippen LogP contribution in [0.1, 0.15) is 31.1 Å². The van der Waals surface area contributed by atoms with Crippen molar-refractivity contribution in [1.82, 2.24) is 15.3 Å². The molecular weight excluding hydrogens is 264 g/mol. The molecule has 1 unspecified atom stereocenters. The van der Waals surface area contributed by atoms with Crippen molar-refractivity contribution in [3.05, 3.63) is 48.3 Å². The van der Waals surface area contributed by atoms with Gasteiger partial charge in [-0.3, -0.25) is 4.79 Å². The Balaban J connectivity index is 2.09. The summed E-state index contributed by atoms with van der Waals surface area (Å²) in [5, 5.41) is 6.06. The van der Waals surface area contributed by atoms with Gasteiger partial charge in [-0.15, -0.1) is 0 Å². The van der Waals surface area contributed by atoms with Gasteiger partial charge in [0.15, 0.2) is 0 Å². The molecule has 2 rings (SSSR count). The van der Waals surface area contributed by atoms with Crippen LogP contribution in [-0.2, 0) is 0 Å². The molecule has 1 aromatic carbocycles. The highest BCUT2D eigenvalue weighted by atomic mass is 16.1. The molecule has 1 amide bonds. The molecule has 0 radical (unpaired) electrons. The summed E-state index contributed by atoms with van der Waals surface area (Å²) >= 11 is 0. The summed E-state index contributed by atoms with van der Waals surface area (Å²) in [6, 6.07) is 9.17. The van der Waals surface area contributed by atoms with Crippen molar-refractivity contribution in [2.75, 3.05) is 5.32 Å². The van der Waals surface area contributed by atoms with Crippen LogP contribution in [-0.4, -0.2) is 21.9 Å². The maximum Gasteiger partial charge on any atom is 0.251 e. The molecule has 1 aromatic heterocycles. The molecule has 2 aromatic rings. The lowest BCUT2D eigenvalue weighted by atomic mass is 10.1. The van der Waals surface area contributed by atoms with Crippen molar-refractivity contribution >= 4 is 17.5 Å². The zero-order valence-corrected chi connectivity index (χ0v) is 12.5. The van der Waals surface area contributed by atoms with Crippen molar-refractivity contribution in [2.24, 2.45) is 5.92 Å². The zero-order valence-electron chi connectivity index (χ0n) is 12.5. The fraction of sp³-hybridized carbons (Fsp3) is 0.312. The van der Waals surface area contributed by atoms with Gasteiger partial charge in [0.2, 0.25) is 5.95 Å². The molecule has 1 atom stereocenters. The third kappa shape index (κ3) is 4.27. The number of hydrogen-bond donors (Lipinski definition) is 2. The number of amides is 1. The fourth-order valence-electron chi connectivity index (χ4n) is 1.69. The first kappa shape index (κ1) is 15.0. The summed E-state index contributed by atoms with van der Waals surface area (Å²) in [6.45, 7) is 6.16. The number of anilines is 2. The van der Waals surface area contributed by atoms with Crippen LogP contribution in [0, 0.1) is 5.92 Å². The Morgan fingerprint density at radius 2 is 1.81 bits per heavy atom. The number of aromatic nitrogens is 2. The summed E-state index contributed by atoms with van der Waals surface area (Å²) in [5.74, 6) is 0.826.